The molecule has 0 aromatic heterocycles. The van der Waals surface area contributed by atoms with Crippen molar-refractivity contribution in [3.63, 3.8) is 0 Å². The summed E-state index contributed by atoms with van der Waals surface area (Å²) in [5, 5.41) is 3.11. The van der Waals surface area contributed by atoms with Gasteiger partial charge in [-0.1, -0.05) is 44.2 Å². The Bertz CT molecular complexity index is 706. The molecule has 1 amide bonds. The fourth-order valence-corrected chi connectivity index (χ4v) is 2.93. The molecule has 4 heteroatoms. The maximum atomic E-state index is 12.4. The predicted molar refractivity (Wildman–Crippen MR) is 108 cm³/mol. The van der Waals surface area contributed by atoms with Crippen LogP contribution in [0.1, 0.15) is 30.5 Å². The average Bonchev–Trinajstić information content (AvgIpc) is 2.61. The highest BCUT2D eigenvalue weighted by atomic mass is 16.5. The number of amides is 1. The quantitative estimate of drug-likeness (QED) is 0.738. The second kappa shape index (κ2) is 9.97. The Hall–Kier alpha value is -2.33. The molecule has 2 rings (SSSR count). The Morgan fingerprint density at radius 2 is 1.73 bits per heavy atom. The van der Waals surface area contributed by atoms with Gasteiger partial charge in [-0.2, -0.15) is 0 Å². The van der Waals surface area contributed by atoms with Crippen LogP contribution in [-0.2, 0) is 17.6 Å². The van der Waals surface area contributed by atoms with Crippen molar-refractivity contribution in [3.05, 3.63) is 59.2 Å². The number of rotatable bonds is 9. The van der Waals surface area contributed by atoms with Crippen LogP contribution in [0.5, 0.6) is 5.75 Å². The van der Waals surface area contributed by atoms with Gasteiger partial charge in [0.1, 0.15) is 12.4 Å². The van der Waals surface area contributed by atoms with E-state index in [9.17, 15) is 4.79 Å². The maximum Gasteiger partial charge on any atom is 0.238 e. The summed E-state index contributed by atoms with van der Waals surface area (Å²) in [6.45, 7) is 7.86. The van der Waals surface area contributed by atoms with Gasteiger partial charge >= 0.3 is 0 Å². The summed E-state index contributed by atoms with van der Waals surface area (Å²) in [4.78, 5) is 14.4. The van der Waals surface area contributed by atoms with Crippen LogP contribution in [0.3, 0.4) is 0 Å². The van der Waals surface area contributed by atoms with E-state index in [0.717, 1.165) is 24.3 Å². The number of aryl methyl sites for hydroxylation is 3. The van der Waals surface area contributed by atoms with E-state index < -0.39 is 0 Å². The standard InChI is InChI=1S/C22H30N2O2/c1-5-18-10-8-11-19(6-2)22(18)23-21(25)16-24(4)13-14-26-20-12-7-9-17(3)15-20/h7-12,15H,5-6,13-14,16H2,1-4H3,(H,23,25). The fraction of sp³-hybridized carbons (Fsp3) is 0.409. The summed E-state index contributed by atoms with van der Waals surface area (Å²) in [7, 11) is 1.94. The van der Waals surface area contributed by atoms with Gasteiger partial charge in [-0.25, -0.2) is 0 Å². The SMILES string of the molecule is CCc1cccc(CC)c1NC(=O)CN(C)CCOc1cccc(C)c1. The van der Waals surface area contributed by atoms with E-state index in [0.29, 0.717) is 19.7 Å². The van der Waals surface area contributed by atoms with Gasteiger partial charge in [-0.05, 0) is 55.6 Å². The molecule has 0 aliphatic rings. The van der Waals surface area contributed by atoms with Crippen molar-refractivity contribution in [2.75, 3.05) is 32.1 Å². The summed E-state index contributed by atoms with van der Waals surface area (Å²) in [6, 6.07) is 14.2. The molecule has 0 radical (unpaired) electrons. The average molecular weight is 354 g/mol. The highest BCUT2D eigenvalue weighted by molar-refractivity contribution is 5.93. The van der Waals surface area contributed by atoms with Crippen molar-refractivity contribution in [2.24, 2.45) is 0 Å². The number of carbonyl (C=O) groups is 1. The summed E-state index contributed by atoms with van der Waals surface area (Å²) in [5.41, 5.74) is 4.52. The van der Waals surface area contributed by atoms with Crippen molar-refractivity contribution in [1.29, 1.82) is 0 Å². The molecule has 2 aromatic rings. The molecule has 140 valence electrons. The highest BCUT2D eigenvalue weighted by Gasteiger charge is 2.12. The zero-order valence-corrected chi connectivity index (χ0v) is 16.3. The van der Waals surface area contributed by atoms with Gasteiger partial charge in [0.05, 0.1) is 6.54 Å². The molecule has 26 heavy (non-hydrogen) atoms. The number of para-hydroxylation sites is 1. The molecule has 0 heterocycles. The molecule has 0 aliphatic heterocycles. The highest BCUT2D eigenvalue weighted by Crippen LogP contribution is 2.22. The molecule has 0 saturated heterocycles. The van der Waals surface area contributed by atoms with E-state index >= 15 is 0 Å². The number of anilines is 1. The smallest absolute Gasteiger partial charge is 0.238 e. The minimum Gasteiger partial charge on any atom is -0.492 e. The van der Waals surface area contributed by atoms with Crippen LogP contribution in [0, 0.1) is 6.92 Å². The van der Waals surface area contributed by atoms with Gasteiger partial charge in [0.15, 0.2) is 0 Å². The zero-order valence-electron chi connectivity index (χ0n) is 16.3. The Balaban J connectivity index is 1.84. The van der Waals surface area contributed by atoms with E-state index in [1.54, 1.807) is 0 Å². The van der Waals surface area contributed by atoms with Gasteiger partial charge in [0.2, 0.25) is 5.91 Å². The Kier molecular flexibility index (Phi) is 7.67. The van der Waals surface area contributed by atoms with Crippen molar-refractivity contribution in [2.45, 2.75) is 33.6 Å². The third kappa shape index (κ3) is 5.88. The lowest BCUT2D eigenvalue weighted by Gasteiger charge is -2.19. The van der Waals surface area contributed by atoms with Crippen LogP contribution in [0.2, 0.25) is 0 Å². The second-order valence-corrected chi connectivity index (χ2v) is 6.61. The summed E-state index contributed by atoms with van der Waals surface area (Å²) < 4.78 is 5.76. The number of hydrogen-bond acceptors (Lipinski definition) is 3. The first kappa shape index (κ1) is 20.0. The molecule has 4 nitrogen and oxygen atoms in total. The van der Waals surface area contributed by atoms with E-state index in [1.165, 1.54) is 16.7 Å². The monoisotopic (exact) mass is 354 g/mol. The molecular weight excluding hydrogens is 324 g/mol. The van der Waals surface area contributed by atoms with Gasteiger partial charge in [0.25, 0.3) is 0 Å². The van der Waals surface area contributed by atoms with Crippen molar-refractivity contribution in [3.8, 4) is 5.75 Å². The number of nitrogens with one attached hydrogen (secondary N) is 1. The van der Waals surface area contributed by atoms with Crippen LogP contribution in [0.15, 0.2) is 42.5 Å². The van der Waals surface area contributed by atoms with Crippen LogP contribution < -0.4 is 10.1 Å². The minimum absolute atomic E-state index is 0.0126. The third-order valence-corrected chi connectivity index (χ3v) is 4.41. The van der Waals surface area contributed by atoms with E-state index in [1.807, 2.05) is 43.1 Å². The zero-order chi connectivity index (χ0) is 18.9. The first-order chi connectivity index (χ1) is 12.5. The maximum absolute atomic E-state index is 12.4. The number of hydrogen-bond donors (Lipinski definition) is 1. The third-order valence-electron chi connectivity index (χ3n) is 4.41. The Morgan fingerprint density at radius 1 is 1.08 bits per heavy atom. The molecule has 0 saturated carbocycles. The van der Waals surface area contributed by atoms with Crippen LogP contribution in [-0.4, -0.2) is 37.6 Å². The molecule has 0 atom stereocenters. The number of carbonyl (C=O) groups excluding carboxylic acids is 1. The molecule has 0 spiro atoms. The summed E-state index contributed by atoms with van der Waals surface area (Å²) in [6.07, 6.45) is 1.81. The van der Waals surface area contributed by atoms with Crippen LogP contribution >= 0.6 is 0 Å². The van der Waals surface area contributed by atoms with Crippen molar-refractivity contribution in [1.82, 2.24) is 4.90 Å². The normalized spacial score (nSPS) is 10.8. The molecule has 0 aliphatic carbocycles. The number of nitrogens with zero attached hydrogens (tertiary/aromatic N) is 1. The van der Waals surface area contributed by atoms with Crippen molar-refractivity contribution < 1.29 is 9.53 Å². The van der Waals surface area contributed by atoms with Gasteiger partial charge in [0, 0.05) is 12.2 Å². The minimum atomic E-state index is 0.0126. The Morgan fingerprint density at radius 3 is 2.35 bits per heavy atom. The topological polar surface area (TPSA) is 41.6 Å². The predicted octanol–water partition coefficient (Wildman–Crippen LogP) is 4.07. The van der Waals surface area contributed by atoms with Crippen molar-refractivity contribution >= 4 is 11.6 Å². The molecular formula is C22H30N2O2. The molecule has 0 fully saturated rings. The second-order valence-electron chi connectivity index (χ2n) is 6.61. The summed E-state index contributed by atoms with van der Waals surface area (Å²) >= 11 is 0. The molecule has 1 N–H and O–H groups in total. The largest absolute Gasteiger partial charge is 0.492 e. The van der Waals surface area contributed by atoms with Crippen LogP contribution in [0.4, 0.5) is 5.69 Å². The molecule has 0 unspecified atom stereocenters. The summed E-state index contributed by atoms with van der Waals surface area (Å²) in [5.74, 6) is 0.881. The lowest BCUT2D eigenvalue weighted by Crippen LogP contribution is -2.33. The first-order valence-corrected chi connectivity index (χ1v) is 9.32. The number of likely N-dealkylation sites (N-methyl/N-ethyl adjacent to an activating group) is 1. The Labute approximate surface area is 157 Å². The van der Waals surface area contributed by atoms with Gasteiger partial charge in [-0.3, -0.25) is 9.69 Å². The number of ether oxygens (including phenoxy) is 1. The van der Waals surface area contributed by atoms with E-state index in [2.05, 4.69) is 37.4 Å². The number of benzene rings is 2. The lowest BCUT2D eigenvalue weighted by molar-refractivity contribution is -0.117. The lowest BCUT2D eigenvalue weighted by atomic mass is 10.0. The molecule has 2 aromatic carbocycles. The van der Waals surface area contributed by atoms with Crippen LogP contribution in [0.25, 0.3) is 0 Å². The molecule has 0 bridgehead atoms. The van der Waals surface area contributed by atoms with Gasteiger partial charge < -0.3 is 10.1 Å². The van der Waals surface area contributed by atoms with Gasteiger partial charge in [-0.15, -0.1) is 0 Å². The van der Waals surface area contributed by atoms with E-state index in [-0.39, 0.29) is 5.91 Å². The first-order valence-electron chi connectivity index (χ1n) is 9.32. The van der Waals surface area contributed by atoms with E-state index in [4.69, 9.17) is 4.74 Å². The fourth-order valence-electron chi connectivity index (χ4n) is 2.93.